The van der Waals surface area contributed by atoms with Gasteiger partial charge in [0.15, 0.2) is 0 Å². The number of hydrogen-bond donors (Lipinski definition) is 1. The fourth-order valence-corrected chi connectivity index (χ4v) is 2.68. The molecule has 4 nitrogen and oxygen atoms in total. The highest BCUT2D eigenvalue weighted by atomic mass is 16.2. The van der Waals surface area contributed by atoms with Crippen LogP contribution < -0.4 is 10.2 Å². The van der Waals surface area contributed by atoms with Gasteiger partial charge in [0.2, 0.25) is 5.91 Å². The number of aryl methyl sites for hydroxylation is 1. The average Bonchev–Trinajstić information content (AvgIpc) is 2.51. The summed E-state index contributed by atoms with van der Waals surface area (Å²) in [6, 6.07) is 14.0. The zero-order chi connectivity index (χ0) is 14.7. The lowest BCUT2D eigenvalue weighted by Gasteiger charge is -2.29. The lowest BCUT2D eigenvalue weighted by atomic mass is 10.0. The normalized spacial score (nSPS) is 14.0. The van der Waals surface area contributed by atoms with Gasteiger partial charge in [0, 0.05) is 18.7 Å². The number of hydrogen-bond acceptors (Lipinski definition) is 3. The monoisotopic (exact) mass is 281 g/mol. The molecule has 0 atom stereocenters. The maximum Gasteiger partial charge on any atom is 0.227 e. The molecule has 2 aromatic rings. The summed E-state index contributed by atoms with van der Waals surface area (Å²) < 4.78 is 0. The maximum absolute atomic E-state index is 12.3. The van der Waals surface area contributed by atoms with Crippen LogP contribution in [0.4, 0.5) is 11.5 Å². The Morgan fingerprint density at radius 3 is 2.86 bits per heavy atom. The summed E-state index contributed by atoms with van der Waals surface area (Å²) >= 11 is 0. The second-order valence-corrected chi connectivity index (χ2v) is 5.15. The third-order valence-corrected chi connectivity index (χ3v) is 3.68. The summed E-state index contributed by atoms with van der Waals surface area (Å²) in [7, 11) is 0. The molecule has 0 unspecified atom stereocenters. The van der Waals surface area contributed by atoms with Crippen LogP contribution in [0.15, 0.2) is 42.5 Å². The fraction of sp³-hybridized carbons (Fsp3) is 0.294. The zero-order valence-electron chi connectivity index (χ0n) is 12.2. The number of aromatic nitrogens is 1. The summed E-state index contributed by atoms with van der Waals surface area (Å²) in [6.45, 7) is 3.40. The molecule has 0 saturated heterocycles. The number of fused-ring (bicyclic) bond motifs is 1. The molecule has 1 aliphatic rings. The van der Waals surface area contributed by atoms with E-state index in [2.05, 4.69) is 16.4 Å². The van der Waals surface area contributed by atoms with Gasteiger partial charge < -0.3 is 10.2 Å². The predicted octanol–water partition coefficient (Wildman–Crippen LogP) is 2.99. The Kier molecular flexibility index (Phi) is 3.86. The van der Waals surface area contributed by atoms with Crippen molar-refractivity contribution < 1.29 is 4.79 Å². The van der Waals surface area contributed by atoms with Crippen LogP contribution in [-0.4, -0.2) is 17.4 Å². The minimum Gasteiger partial charge on any atom is -0.370 e. The van der Waals surface area contributed by atoms with Crippen LogP contribution >= 0.6 is 0 Å². The molecule has 1 aromatic heterocycles. The van der Waals surface area contributed by atoms with Crippen molar-refractivity contribution in [1.82, 2.24) is 4.98 Å². The van der Waals surface area contributed by atoms with Crippen LogP contribution in [0, 0.1) is 0 Å². The first-order valence-electron chi connectivity index (χ1n) is 7.36. The quantitative estimate of drug-likeness (QED) is 0.937. The highest BCUT2D eigenvalue weighted by Crippen LogP contribution is 2.28. The smallest absolute Gasteiger partial charge is 0.227 e. The molecule has 108 valence electrons. The number of para-hydroxylation sites is 1. The van der Waals surface area contributed by atoms with Crippen LogP contribution in [0.25, 0.3) is 0 Å². The Morgan fingerprint density at radius 2 is 2.00 bits per heavy atom. The highest BCUT2D eigenvalue weighted by Gasteiger charge is 2.24. The second kappa shape index (κ2) is 5.95. The van der Waals surface area contributed by atoms with E-state index in [1.807, 2.05) is 48.2 Å². The Labute approximate surface area is 124 Å². The van der Waals surface area contributed by atoms with Gasteiger partial charge in [-0.15, -0.1) is 0 Å². The van der Waals surface area contributed by atoms with Gasteiger partial charge >= 0.3 is 0 Å². The van der Waals surface area contributed by atoms with Gasteiger partial charge in [0.05, 0.1) is 12.2 Å². The molecule has 0 fully saturated rings. The van der Waals surface area contributed by atoms with Gasteiger partial charge in [-0.25, -0.2) is 4.98 Å². The second-order valence-electron chi connectivity index (χ2n) is 5.15. The summed E-state index contributed by atoms with van der Waals surface area (Å²) in [5, 5.41) is 3.20. The van der Waals surface area contributed by atoms with Crippen LogP contribution in [0.3, 0.4) is 0 Å². The average molecular weight is 281 g/mol. The molecular formula is C17H19N3O. The molecule has 1 N–H and O–H groups in total. The van der Waals surface area contributed by atoms with Gasteiger partial charge in [0.25, 0.3) is 0 Å². The van der Waals surface area contributed by atoms with Crippen molar-refractivity contribution in [2.24, 2.45) is 0 Å². The van der Waals surface area contributed by atoms with E-state index in [1.54, 1.807) is 0 Å². The number of carbonyl (C=O) groups is 1. The molecule has 0 aliphatic carbocycles. The molecular weight excluding hydrogens is 262 g/mol. The van der Waals surface area contributed by atoms with Crippen molar-refractivity contribution in [3.63, 3.8) is 0 Å². The van der Waals surface area contributed by atoms with E-state index < -0.39 is 0 Å². The molecule has 1 aliphatic heterocycles. The standard InChI is InChI=1S/C17H19N3O/c1-2-18-16-9-5-7-14(19-16)12-20-15-8-4-3-6-13(15)10-11-17(20)21/h3-9H,2,10-12H2,1H3,(H,18,19). The molecule has 1 aromatic carbocycles. The van der Waals surface area contributed by atoms with Crippen LogP contribution in [0.5, 0.6) is 0 Å². The van der Waals surface area contributed by atoms with Gasteiger partial charge in [-0.3, -0.25) is 4.79 Å². The molecule has 1 amide bonds. The topological polar surface area (TPSA) is 45.2 Å². The van der Waals surface area contributed by atoms with Crippen LogP contribution in [0.1, 0.15) is 24.6 Å². The molecule has 21 heavy (non-hydrogen) atoms. The van der Waals surface area contributed by atoms with Crippen molar-refractivity contribution in [3.05, 3.63) is 53.7 Å². The molecule has 3 rings (SSSR count). The van der Waals surface area contributed by atoms with Gasteiger partial charge in [-0.05, 0) is 37.1 Å². The van der Waals surface area contributed by atoms with Crippen molar-refractivity contribution >= 4 is 17.4 Å². The largest absolute Gasteiger partial charge is 0.370 e. The number of amides is 1. The predicted molar refractivity (Wildman–Crippen MR) is 84.4 cm³/mol. The lowest BCUT2D eigenvalue weighted by molar-refractivity contribution is -0.119. The van der Waals surface area contributed by atoms with Gasteiger partial charge in [0.1, 0.15) is 5.82 Å². The van der Waals surface area contributed by atoms with Crippen molar-refractivity contribution in [1.29, 1.82) is 0 Å². The van der Waals surface area contributed by atoms with Crippen molar-refractivity contribution in [2.45, 2.75) is 26.3 Å². The molecule has 0 radical (unpaired) electrons. The first-order chi connectivity index (χ1) is 10.3. The Morgan fingerprint density at radius 1 is 1.14 bits per heavy atom. The lowest BCUT2D eigenvalue weighted by Crippen LogP contribution is -2.34. The van der Waals surface area contributed by atoms with E-state index in [9.17, 15) is 4.79 Å². The third-order valence-electron chi connectivity index (χ3n) is 3.68. The Balaban J connectivity index is 1.87. The number of benzene rings is 1. The van der Waals surface area contributed by atoms with Crippen LogP contribution in [-0.2, 0) is 17.8 Å². The molecule has 0 saturated carbocycles. The fourth-order valence-electron chi connectivity index (χ4n) is 2.68. The van der Waals surface area contributed by atoms with E-state index in [-0.39, 0.29) is 5.91 Å². The van der Waals surface area contributed by atoms with Crippen LogP contribution in [0.2, 0.25) is 0 Å². The molecule has 4 heteroatoms. The Bertz CT molecular complexity index is 654. The Hall–Kier alpha value is -2.36. The summed E-state index contributed by atoms with van der Waals surface area (Å²) in [5.74, 6) is 1.03. The SMILES string of the molecule is CCNc1cccc(CN2C(=O)CCc3ccccc32)n1. The number of anilines is 2. The number of nitrogens with zero attached hydrogens (tertiary/aromatic N) is 2. The van der Waals surface area contributed by atoms with Gasteiger partial charge in [-0.1, -0.05) is 24.3 Å². The first-order valence-corrected chi connectivity index (χ1v) is 7.36. The summed E-state index contributed by atoms with van der Waals surface area (Å²) in [4.78, 5) is 18.7. The van der Waals surface area contributed by atoms with E-state index in [1.165, 1.54) is 5.56 Å². The number of rotatable bonds is 4. The molecule has 2 heterocycles. The third kappa shape index (κ3) is 2.89. The maximum atomic E-state index is 12.3. The summed E-state index contributed by atoms with van der Waals surface area (Å²) in [5.41, 5.74) is 3.16. The minimum absolute atomic E-state index is 0.171. The van der Waals surface area contributed by atoms with Crippen molar-refractivity contribution in [3.8, 4) is 0 Å². The van der Waals surface area contributed by atoms with E-state index in [0.717, 1.165) is 30.2 Å². The number of pyridine rings is 1. The molecule has 0 bridgehead atoms. The first kappa shape index (κ1) is 13.6. The van der Waals surface area contributed by atoms with Gasteiger partial charge in [-0.2, -0.15) is 0 Å². The minimum atomic E-state index is 0.171. The van der Waals surface area contributed by atoms with E-state index >= 15 is 0 Å². The number of nitrogens with one attached hydrogen (secondary N) is 1. The zero-order valence-corrected chi connectivity index (χ0v) is 12.2. The van der Waals surface area contributed by atoms with E-state index in [4.69, 9.17) is 0 Å². The van der Waals surface area contributed by atoms with Crippen molar-refractivity contribution in [2.75, 3.05) is 16.8 Å². The highest BCUT2D eigenvalue weighted by molar-refractivity contribution is 5.96. The number of carbonyl (C=O) groups excluding carboxylic acids is 1. The summed E-state index contributed by atoms with van der Waals surface area (Å²) in [6.07, 6.45) is 1.40. The molecule has 0 spiro atoms. The van der Waals surface area contributed by atoms with E-state index in [0.29, 0.717) is 13.0 Å².